The number of aryl methyl sites for hydroxylation is 1. The van der Waals surface area contributed by atoms with Crippen molar-refractivity contribution in [2.24, 2.45) is 10.9 Å². The summed E-state index contributed by atoms with van der Waals surface area (Å²) in [6.45, 7) is 6.01. The molecule has 1 unspecified atom stereocenters. The van der Waals surface area contributed by atoms with Crippen molar-refractivity contribution < 1.29 is 22.3 Å². The van der Waals surface area contributed by atoms with Gasteiger partial charge in [0.2, 0.25) is 10.0 Å². The van der Waals surface area contributed by atoms with Gasteiger partial charge in [0.15, 0.2) is 4.80 Å². The standard InChI is InChI=1S/C24H28FN3O4S2/c1-3-32-14-13-28-21-11-6-17(2)15-22(21)33-24(28)26-23(29)18-5-4-12-27(16-18)34(30,31)20-9-7-19(25)8-10-20/h6-11,15,18H,3-5,12-14,16H2,1-2H3. The number of fused-ring (bicyclic) bond motifs is 1. The van der Waals surface area contributed by atoms with Gasteiger partial charge in [0.25, 0.3) is 5.91 Å². The number of amides is 1. The fourth-order valence-corrected chi connectivity index (χ4v) is 6.77. The first kappa shape index (κ1) is 24.7. The second-order valence-electron chi connectivity index (χ2n) is 8.31. The largest absolute Gasteiger partial charge is 0.380 e. The van der Waals surface area contributed by atoms with Gasteiger partial charge in [-0.3, -0.25) is 4.79 Å². The third-order valence-corrected chi connectivity index (χ3v) is 8.81. The van der Waals surface area contributed by atoms with Gasteiger partial charge in [-0.1, -0.05) is 17.4 Å². The molecule has 1 amide bonds. The number of nitrogens with zero attached hydrogens (tertiary/aromatic N) is 3. The second-order valence-corrected chi connectivity index (χ2v) is 11.3. The molecule has 0 spiro atoms. The first-order valence-corrected chi connectivity index (χ1v) is 13.6. The molecule has 4 rings (SSSR count). The molecule has 182 valence electrons. The third-order valence-electron chi connectivity index (χ3n) is 5.89. The fourth-order valence-electron chi connectivity index (χ4n) is 4.09. The molecule has 7 nitrogen and oxygen atoms in total. The molecular formula is C24H28FN3O4S2. The van der Waals surface area contributed by atoms with Gasteiger partial charge in [-0.25, -0.2) is 12.8 Å². The molecule has 0 N–H and O–H groups in total. The minimum atomic E-state index is -3.81. The summed E-state index contributed by atoms with van der Waals surface area (Å²) in [6.07, 6.45) is 1.13. The van der Waals surface area contributed by atoms with Crippen LogP contribution in [0.25, 0.3) is 10.2 Å². The van der Waals surface area contributed by atoms with Crippen molar-refractivity contribution >= 4 is 37.5 Å². The van der Waals surface area contributed by atoms with Crippen LogP contribution in [0.4, 0.5) is 4.39 Å². The van der Waals surface area contributed by atoms with Crippen molar-refractivity contribution in [1.29, 1.82) is 0 Å². The Morgan fingerprint density at radius 2 is 2.00 bits per heavy atom. The lowest BCUT2D eigenvalue weighted by Crippen LogP contribution is -2.42. The lowest BCUT2D eigenvalue weighted by atomic mass is 9.99. The molecule has 1 atom stereocenters. The number of carbonyl (C=O) groups is 1. The molecule has 3 aromatic rings. The smallest absolute Gasteiger partial charge is 0.252 e. The Labute approximate surface area is 202 Å². The van der Waals surface area contributed by atoms with E-state index in [0.29, 0.717) is 43.9 Å². The second kappa shape index (κ2) is 10.5. The number of hydrogen-bond donors (Lipinski definition) is 0. The van der Waals surface area contributed by atoms with E-state index in [0.717, 1.165) is 27.9 Å². The normalized spacial score (nSPS) is 18.0. The molecule has 34 heavy (non-hydrogen) atoms. The molecule has 0 radical (unpaired) electrons. The van der Waals surface area contributed by atoms with E-state index < -0.39 is 21.8 Å². The van der Waals surface area contributed by atoms with Crippen LogP contribution in [0.1, 0.15) is 25.3 Å². The first-order chi connectivity index (χ1) is 16.3. The van der Waals surface area contributed by atoms with E-state index in [-0.39, 0.29) is 17.3 Å². The van der Waals surface area contributed by atoms with E-state index in [1.54, 1.807) is 0 Å². The number of halogens is 1. The zero-order valence-electron chi connectivity index (χ0n) is 19.2. The van der Waals surface area contributed by atoms with Crippen LogP contribution < -0.4 is 4.80 Å². The fraction of sp³-hybridized carbons (Fsp3) is 0.417. The van der Waals surface area contributed by atoms with Gasteiger partial charge >= 0.3 is 0 Å². The van der Waals surface area contributed by atoms with E-state index >= 15 is 0 Å². The van der Waals surface area contributed by atoms with Gasteiger partial charge in [-0.05, 0) is 68.7 Å². The maximum absolute atomic E-state index is 13.2. The Morgan fingerprint density at radius 3 is 2.74 bits per heavy atom. The molecule has 0 saturated carbocycles. The average Bonchev–Trinajstić information content (AvgIpc) is 3.15. The minimum absolute atomic E-state index is 0.0209. The maximum Gasteiger partial charge on any atom is 0.252 e. The van der Waals surface area contributed by atoms with E-state index in [1.807, 2.05) is 30.5 Å². The number of sulfonamides is 1. The molecule has 2 aromatic carbocycles. The van der Waals surface area contributed by atoms with Crippen molar-refractivity contribution in [3.8, 4) is 0 Å². The number of benzene rings is 2. The highest BCUT2D eigenvalue weighted by atomic mass is 32.2. The molecule has 1 saturated heterocycles. The topological polar surface area (TPSA) is 81.0 Å². The van der Waals surface area contributed by atoms with Crippen LogP contribution in [0.2, 0.25) is 0 Å². The van der Waals surface area contributed by atoms with Crippen molar-refractivity contribution in [2.45, 2.75) is 38.1 Å². The molecule has 10 heteroatoms. The highest BCUT2D eigenvalue weighted by molar-refractivity contribution is 7.89. The van der Waals surface area contributed by atoms with E-state index in [9.17, 15) is 17.6 Å². The van der Waals surface area contributed by atoms with Gasteiger partial charge in [0.1, 0.15) is 5.82 Å². The Morgan fingerprint density at radius 1 is 1.24 bits per heavy atom. The summed E-state index contributed by atoms with van der Waals surface area (Å²) >= 11 is 1.45. The molecule has 0 aliphatic carbocycles. The van der Waals surface area contributed by atoms with Crippen molar-refractivity contribution in [2.75, 3.05) is 26.3 Å². The molecule has 1 aliphatic heterocycles. The van der Waals surface area contributed by atoms with Gasteiger partial charge < -0.3 is 9.30 Å². The van der Waals surface area contributed by atoms with Crippen LogP contribution in [-0.2, 0) is 26.1 Å². The van der Waals surface area contributed by atoms with Gasteiger partial charge in [0, 0.05) is 26.2 Å². The highest BCUT2D eigenvalue weighted by Gasteiger charge is 2.33. The van der Waals surface area contributed by atoms with Crippen molar-refractivity contribution in [3.63, 3.8) is 0 Å². The lowest BCUT2D eigenvalue weighted by Gasteiger charge is -2.30. The number of ether oxygens (including phenoxy) is 1. The number of rotatable bonds is 7. The molecule has 1 aliphatic rings. The number of aromatic nitrogens is 1. The summed E-state index contributed by atoms with van der Waals surface area (Å²) in [7, 11) is -3.81. The Kier molecular flexibility index (Phi) is 7.61. The Balaban J connectivity index is 1.61. The van der Waals surface area contributed by atoms with Crippen molar-refractivity contribution in [1.82, 2.24) is 8.87 Å². The summed E-state index contributed by atoms with van der Waals surface area (Å²) in [6, 6.07) is 10.9. The maximum atomic E-state index is 13.2. The number of hydrogen-bond acceptors (Lipinski definition) is 5. The summed E-state index contributed by atoms with van der Waals surface area (Å²) in [4.78, 5) is 18.2. The van der Waals surface area contributed by atoms with Gasteiger partial charge in [-0.15, -0.1) is 0 Å². The Bertz CT molecular complexity index is 1350. The monoisotopic (exact) mass is 505 g/mol. The summed E-state index contributed by atoms with van der Waals surface area (Å²) in [5.41, 5.74) is 2.11. The van der Waals surface area contributed by atoms with Crippen LogP contribution in [0.5, 0.6) is 0 Å². The molecule has 1 aromatic heterocycles. The quantitative estimate of drug-likeness (QED) is 0.459. The van der Waals surface area contributed by atoms with E-state index in [1.165, 1.54) is 27.8 Å². The zero-order chi connectivity index (χ0) is 24.3. The number of carbonyl (C=O) groups excluding carboxylic acids is 1. The van der Waals surface area contributed by atoms with E-state index in [2.05, 4.69) is 11.1 Å². The number of thiazole rings is 1. The van der Waals surface area contributed by atoms with E-state index in [4.69, 9.17) is 4.74 Å². The SMILES string of the molecule is CCOCCn1c(=NC(=O)C2CCCN(S(=O)(=O)c3ccc(F)cc3)C2)sc2cc(C)ccc21. The summed E-state index contributed by atoms with van der Waals surface area (Å²) < 4.78 is 49.1. The average molecular weight is 506 g/mol. The third kappa shape index (κ3) is 5.30. The summed E-state index contributed by atoms with van der Waals surface area (Å²) in [5.74, 6) is -1.36. The zero-order valence-corrected chi connectivity index (χ0v) is 20.9. The molecule has 1 fully saturated rings. The molecule has 2 heterocycles. The predicted octanol–water partition coefficient (Wildman–Crippen LogP) is 3.72. The highest BCUT2D eigenvalue weighted by Crippen LogP contribution is 2.25. The van der Waals surface area contributed by atoms with Crippen molar-refractivity contribution in [3.05, 3.63) is 58.6 Å². The van der Waals surface area contributed by atoms with Crippen LogP contribution in [0.3, 0.4) is 0 Å². The van der Waals surface area contributed by atoms with Gasteiger partial charge in [0.05, 0.1) is 27.6 Å². The van der Waals surface area contributed by atoms with Crippen LogP contribution in [0, 0.1) is 18.7 Å². The van der Waals surface area contributed by atoms with Crippen LogP contribution in [-0.4, -0.2) is 49.5 Å². The van der Waals surface area contributed by atoms with Crippen LogP contribution >= 0.6 is 11.3 Å². The minimum Gasteiger partial charge on any atom is -0.380 e. The first-order valence-electron chi connectivity index (χ1n) is 11.3. The van der Waals surface area contributed by atoms with Gasteiger partial charge in [-0.2, -0.15) is 9.30 Å². The van der Waals surface area contributed by atoms with Crippen LogP contribution in [0.15, 0.2) is 52.4 Å². The lowest BCUT2D eigenvalue weighted by molar-refractivity contribution is -0.122. The Hall–Kier alpha value is -2.40. The molecule has 0 bridgehead atoms. The summed E-state index contributed by atoms with van der Waals surface area (Å²) in [5, 5.41) is 0. The predicted molar refractivity (Wildman–Crippen MR) is 129 cm³/mol. The number of piperidine rings is 1. The molecular weight excluding hydrogens is 477 g/mol.